The molecule has 0 bridgehead atoms. The van der Waals surface area contributed by atoms with Gasteiger partial charge in [0.15, 0.2) is 5.78 Å². The third-order valence-electron chi connectivity index (χ3n) is 3.95. The highest BCUT2D eigenvalue weighted by Gasteiger charge is 2.11. The van der Waals surface area contributed by atoms with Crippen molar-refractivity contribution in [3.05, 3.63) is 100 Å². The van der Waals surface area contributed by atoms with E-state index in [4.69, 9.17) is 23.2 Å². The number of ketones is 1. The third kappa shape index (κ3) is 6.50. The predicted octanol–water partition coefficient (Wildman–Crippen LogP) is 6.62. The van der Waals surface area contributed by atoms with Crippen LogP contribution in [0.1, 0.15) is 15.9 Å². The first-order valence-corrected chi connectivity index (χ1v) is 10.5. The Kier molecular flexibility index (Phi) is 7.53. The standard InChI is InChI=1S/C23H17Cl2NO2S/c24-17-7-12-20(21(25)14-17)22(27)15-29-19-10-8-18(9-11-19)26-23(28)13-6-16-4-2-1-3-5-16/h1-14H,15H2,(H,26,28)/b13-6+. The molecule has 1 N–H and O–H groups in total. The van der Waals surface area contributed by atoms with Crippen molar-refractivity contribution in [2.75, 3.05) is 11.1 Å². The van der Waals surface area contributed by atoms with Gasteiger partial charge in [0, 0.05) is 27.2 Å². The Balaban J connectivity index is 1.52. The Morgan fingerprint density at radius 1 is 0.931 bits per heavy atom. The smallest absolute Gasteiger partial charge is 0.248 e. The highest BCUT2D eigenvalue weighted by molar-refractivity contribution is 8.00. The molecule has 0 saturated carbocycles. The minimum Gasteiger partial charge on any atom is -0.323 e. The number of halogens is 2. The van der Waals surface area contributed by atoms with Crippen molar-refractivity contribution in [1.29, 1.82) is 0 Å². The van der Waals surface area contributed by atoms with Crippen molar-refractivity contribution >= 4 is 58.4 Å². The maximum absolute atomic E-state index is 12.3. The molecule has 29 heavy (non-hydrogen) atoms. The SMILES string of the molecule is O=C(/C=C/c1ccccc1)Nc1ccc(SCC(=O)c2ccc(Cl)cc2Cl)cc1. The lowest BCUT2D eigenvalue weighted by atomic mass is 10.1. The molecule has 0 aliphatic carbocycles. The molecular weight excluding hydrogens is 425 g/mol. The molecule has 0 spiro atoms. The van der Waals surface area contributed by atoms with Crippen molar-refractivity contribution in [2.45, 2.75) is 4.90 Å². The molecule has 3 aromatic rings. The first kappa shape index (κ1) is 21.2. The van der Waals surface area contributed by atoms with Crippen LogP contribution in [0.15, 0.2) is 83.8 Å². The molecule has 0 aromatic heterocycles. The Hall–Kier alpha value is -2.53. The quantitative estimate of drug-likeness (QED) is 0.254. The van der Waals surface area contributed by atoms with Gasteiger partial charge in [0.05, 0.1) is 10.8 Å². The molecule has 0 saturated heterocycles. The number of hydrogen-bond donors (Lipinski definition) is 1. The average molecular weight is 442 g/mol. The summed E-state index contributed by atoms with van der Waals surface area (Å²) in [7, 11) is 0. The largest absolute Gasteiger partial charge is 0.323 e. The second-order valence-corrected chi connectivity index (χ2v) is 7.99. The lowest BCUT2D eigenvalue weighted by Crippen LogP contribution is -2.07. The Morgan fingerprint density at radius 2 is 1.66 bits per heavy atom. The van der Waals surface area contributed by atoms with Gasteiger partial charge in [-0.15, -0.1) is 11.8 Å². The van der Waals surface area contributed by atoms with Gasteiger partial charge in [-0.2, -0.15) is 0 Å². The molecular formula is C23H17Cl2NO2S. The molecule has 146 valence electrons. The van der Waals surface area contributed by atoms with E-state index in [0.717, 1.165) is 10.5 Å². The fraction of sp³-hybridized carbons (Fsp3) is 0.0435. The lowest BCUT2D eigenvalue weighted by Gasteiger charge is -2.06. The van der Waals surface area contributed by atoms with E-state index >= 15 is 0 Å². The summed E-state index contributed by atoms with van der Waals surface area (Å²) >= 11 is 13.3. The number of carbonyl (C=O) groups is 2. The van der Waals surface area contributed by atoms with E-state index in [1.54, 1.807) is 36.4 Å². The van der Waals surface area contributed by atoms with Crippen LogP contribution in [0.4, 0.5) is 5.69 Å². The topological polar surface area (TPSA) is 46.2 Å². The zero-order valence-electron chi connectivity index (χ0n) is 15.3. The number of anilines is 1. The summed E-state index contributed by atoms with van der Waals surface area (Å²) in [5.41, 5.74) is 2.10. The van der Waals surface area contributed by atoms with Crippen LogP contribution in [0.3, 0.4) is 0 Å². The summed E-state index contributed by atoms with van der Waals surface area (Å²) in [4.78, 5) is 25.3. The van der Waals surface area contributed by atoms with Crippen molar-refractivity contribution in [1.82, 2.24) is 0 Å². The second kappa shape index (κ2) is 10.3. The monoisotopic (exact) mass is 441 g/mol. The third-order valence-corrected chi connectivity index (χ3v) is 5.51. The number of rotatable bonds is 7. The molecule has 0 radical (unpaired) electrons. The number of nitrogens with one attached hydrogen (secondary N) is 1. The molecule has 0 aliphatic rings. The van der Waals surface area contributed by atoms with E-state index < -0.39 is 0 Å². The lowest BCUT2D eigenvalue weighted by molar-refractivity contribution is -0.111. The van der Waals surface area contributed by atoms with Gasteiger partial charge in [-0.05, 0) is 54.1 Å². The van der Waals surface area contributed by atoms with Gasteiger partial charge in [-0.3, -0.25) is 9.59 Å². The normalized spacial score (nSPS) is 10.8. The van der Waals surface area contributed by atoms with Gasteiger partial charge in [0.1, 0.15) is 0 Å². The minimum atomic E-state index is -0.207. The van der Waals surface area contributed by atoms with Crippen LogP contribution in [0.2, 0.25) is 10.0 Å². The van der Waals surface area contributed by atoms with Gasteiger partial charge >= 0.3 is 0 Å². The summed E-state index contributed by atoms with van der Waals surface area (Å²) in [6.45, 7) is 0. The zero-order valence-corrected chi connectivity index (χ0v) is 17.6. The fourth-order valence-corrected chi connectivity index (χ4v) is 3.79. The van der Waals surface area contributed by atoms with Crippen molar-refractivity contribution in [3.8, 4) is 0 Å². The Labute approximate surface area is 183 Å². The number of benzene rings is 3. The van der Waals surface area contributed by atoms with Crippen molar-refractivity contribution < 1.29 is 9.59 Å². The number of hydrogen-bond acceptors (Lipinski definition) is 3. The molecule has 3 rings (SSSR count). The van der Waals surface area contributed by atoms with Gasteiger partial charge in [-0.25, -0.2) is 0 Å². The Morgan fingerprint density at radius 3 is 2.34 bits per heavy atom. The number of amides is 1. The van der Waals surface area contributed by atoms with Gasteiger partial charge in [0.25, 0.3) is 0 Å². The number of Topliss-reactive ketones (excluding diaryl/α,β-unsaturated/α-hetero) is 1. The summed E-state index contributed by atoms with van der Waals surface area (Å²) in [6.07, 6.45) is 3.25. The van der Waals surface area contributed by atoms with E-state index in [1.807, 2.05) is 42.5 Å². The van der Waals surface area contributed by atoms with Crippen LogP contribution in [0, 0.1) is 0 Å². The van der Waals surface area contributed by atoms with E-state index in [-0.39, 0.29) is 17.4 Å². The molecule has 6 heteroatoms. The number of thioether (sulfide) groups is 1. The van der Waals surface area contributed by atoms with Gasteiger partial charge < -0.3 is 5.32 Å². The maximum Gasteiger partial charge on any atom is 0.248 e. The highest BCUT2D eigenvalue weighted by Crippen LogP contribution is 2.25. The molecule has 0 aliphatic heterocycles. The summed E-state index contributed by atoms with van der Waals surface area (Å²) < 4.78 is 0. The molecule has 1 amide bonds. The summed E-state index contributed by atoms with van der Waals surface area (Å²) in [5.74, 6) is -0.0192. The first-order valence-electron chi connectivity index (χ1n) is 8.76. The predicted molar refractivity (Wildman–Crippen MR) is 122 cm³/mol. The summed E-state index contributed by atoms with van der Waals surface area (Å²) in [6, 6.07) is 21.8. The van der Waals surface area contributed by atoms with E-state index in [0.29, 0.717) is 21.3 Å². The van der Waals surface area contributed by atoms with Gasteiger partial charge in [-0.1, -0.05) is 53.5 Å². The van der Waals surface area contributed by atoms with Crippen molar-refractivity contribution in [3.63, 3.8) is 0 Å². The highest BCUT2D eigenvalue weighted by atomic mass is 35.5. The van der Waals surface area contributed by atoms with Crippen LogP contribution in [0.5, 0.6) is 0 Å². The maximum atomic E-state index is 12.3. The van der Waals surface area contributed by atoms with Crippen LogP contribution in [0.25, 0.3) is 6.08 Å². The van der Waals surface area contributed by atoms with Crippen LogP contribution in [-0.2, 0) is 4.79 Å². The van der Waals surface area contributed by atoms with Gasteiger partial charge in [0.2, 0.25) is 5.91 Å². The molecule has 3 aromatic carbocycles. The first-order chi connectivity index (χ1) is 14.0. The molecule has 0 unspecified atom stereocenters. The second-order valence-electron chi connectivity index (χ2n) is 6.09. The van der Waals surface area contributed by atoms with Crippen LogP contribution in [-0.4, -0.2) is 17.4 Å². The zero-order chi connectivity index (χ0) is 20.6. The van der Waals surface area contributed by atoms with Crippen LogP contribution < -0.4 is 5.32 Å². The molecule has 0 heterocycles. The molecule has 0 fully saturated rings. The number of carbonyl (C=O) groups excluding carboxylic acids is 2. The molecule has 3 nitrogen and oxygen atoms in total. The Bertz CT molecular complexity index is 1030. The van der Waals surface area contributed by atoms with E-state index in [9.17, 15) is 9.59 Å². The minimum absolute atomic E-state index is 0.0694. The van der Waals surface area contributed by atoms with Crippen LogP contribution >= 0.6 is 35.0 Å². The van der Waals surface area contributed by atoms with E-state index in [1.165, 1.54) is 17.8 Å². The summed E-state index contributed by atoms with van der Waals surface area (Å²) in [5, 5.41) is 3.66. The van der Waals surface area contributed by atoms with Crippen molar-refractivity contribution in [2.24, 2.45) is 0 Å². The fourth-order valence-electron chi connectivity index (χ4n) is 2.50. The average Bonchev–Trinajstić information content (AvgIpc) is 2.72. The van der Waals surface area contributed by atoms with E-state index in [2.05, 4.69) is 5.32 Å². The molecule has 0 atom stereocenters.